The molecule has 2 aliphatic rings. The van der Waals surface area contributed by atoms with E-state index in [0.717, 1.165) is 0 Å². The Balaban J connectivity index is 0.000000387. The molecule has 0 nitrogen and oxygen atoms in total. The Morgan fingerprint density at radius 2 is 1.10 bits per heavy atom. The maximum atomic E-state index is 2.26. The molecule has 0 atom stereocenters. The number of fused-ring (bicyclic) bond motifs is 2. The number of hydrogen-bond acceptors (Lipinski definition) is 0. The third-order valence-corrected chi connectivity index (χ3v) is 6.08. The standard InChI is InChI=1S/2C9H11.C7H6.CH3.2ClH.Zr/c2*1-2-5-9-7-3-6-8(9)4-1;1-7-5-3-2-4-6-7;;;;/h2*3,6-7H,1-2,4-5H2;1-6H;1H3;2*1H;/q2*-1;;-1;;;. The molecule has 158 valence electrons. The van der Waals surface area contributed by atoms with Crippen LogP contribution in [0, 0.1) is 7.43 Å². The molecule has 3 aromatic rings. The van der Waals surface area contributed by atoms with Crippen LogP contribution in [0.4, 0.5) is 0 Å². The summed E-state index contributed by atoms with van der Waals surface area (Å²) in [6.45, 7) is 0. The van der Waals surface area contributed by atoms with Crippen LogP contribution in [-0.2, 0) is 49.9 Å². The summed E-state index contributed by atoms with van der Waals surface area (Å²) in [7, 11) is 0. The minimum absolute atomic E-state index is 0. The molecule has 5 rings (SSSR count). The van der Waals surface area contributed by atoms with Crippen molar-refractivity contribution >= 4 is 28.5 Å². The van der Waals surface area contributed by atoms with Crippen molar-refractivity contribution in [2.24, 2.45) is 0 Å². The Labute approximate surface area is 205 Å². The maximum Gasteiger partial charge on any atom is -0.0512 e. The molecule has 0 saturated heterocycles. The van der Waals surface area contributed by atoms with Crippen LogP contribution in [0.25, 0.3) is 0 Å². The smallest absolute Gasteiger partial charge is 0.0512 e. The molecule has 0 aliphatic heterocycles. The van der Waals surface area contributed by atoms with Gasteiger partial charge < -0.3 is 7.43 Å². The summed E-state index contributed by atoms with van der Waals surface area (Å²) in [5.74, 6) is 0. The minimum atomic E-state index is 0. The van der Waals surface area contributed by atoms with Crippen LogP contribution in [-0.4, -0.2) is 3.71 Å². The van der Waals surface area contributed by atoms with Crippen LogP contribution in [0.2, 0.25) is 0 Å². The van der Waals surface area contributed by atoms with E-state index in [1.54, 1.807) is 22.3 Å². The zero-order valence-corrected chi connectivity index (χ0v) is 21.5. The quantitative estimate of drug-likeness (QED) is 0.305. The van der Waals surface area contributed by atoms with Gasteiger partial charge in [-0.3, -0.25) is 0 Å². The van der Waals surface area contributed by atoms with E-state index in [4.69, 9.17) is 0 Å². The van der Waals surface area contributed by atoms with Crippen molar-refractivity contribution in [2.45, 2.75) is 51.4 Å². The van der Waals surface area contributed by atoms with Gasteiger partial charge in [-0.05, 0) is 0 Å². The van der Waals surface area contributed by atoms with E-state index >= 15 is 0 Å². The van der Waals surface area contributed by atoms with Gasteiger partial charge in [0.05, 0.1) is 0 Å². The van der Waals surface area contributed by atoms with E-state index in [0.29, 0.717) is 0 Å². The van der Waals surface area contributed by atoms with E-state index in [1.807, 2.05) is 6.07 Å². The second kappa shape index (κ2) is 16.0. The molecule has 3 heteroatoms. The van der Waals surface area contributed by atoms with Crippen LogP contribution in [0.3, 0.4) is 0 Å². The Bertz CT molecular complexity index is 699. The zero-order valence-electron chi connectivity index (χ0n) is 17.4. The average Bonchev–Trinajstić information content (AvgIpc) is 3.38. The predicted octanol–water partition coefficient (Wildman–Crippen LogP) is 7.25. The Hall–Kier alpha value is -0.747. The number of rotatable bonds is 1. The third kappa shape index (κ3) is 9.29. The fourth-order valence-electron chi connectivity index (χ4n) is 3.78. The molecule has 0 N–H and O–H groups in total. The molecule has 0 bridgehead atoms. The summed E-state index contributed by atoms with van der Waals surface area (Å²) in [4.78, 5) is 0. The van der Waals surface area contributed by atoms with Crippen molar-refractivity contribution in [3.63, 3.8) is 0 Å². The van der Waals surface area contributed by atoms with Crippen LogP contribution in [0.15, 0.2) is 66.7 Å². The molecular weight excluding hydrogens is 474 g/mol. The molecule has 29 heavy (non-hydrogen) atoms. The minimum Gasteiger partial charge on any atom is -0.210 e. The molecule has 0 fully saturated rings. The fraction of sp³-hybridized carbons (Fsp3) is 0.308. The first kappa shape index (κ1) is 28.3. The summed E-state index contributed by atoms with van der Waals surface area (Å²) < 4.78 is 2.17. The van der Waals surface area contributed by atoms with Crippen LogP contribution >= 0.6 is 24.8 Å². The predicted molar refractivity (Wildman–Crippen MR) is 130 cm³/mol. The van der Waals surface area contributed by atoms with Gasteiger partial charge in [0.2, 0.25) is 0 Å². The summed E-state index contributed by atoms with van der Waals surface area (Å²) in [5, 5.41) is 0. The van der Waals surface area contributed by atoms with E-state index in [2.05, 4.69) is 64.4 Å². The van der Waals surface area contributed by atoms with Crippen LogP contribution < -0.4 is 0 Å². The monoisotopic (exact) mass is 505 g/mol. The first-order chi connectivity index (χ1) is 12.9. The summed E-state index contributed by atoms with van der Waals surface area (Å²) >= 11 is 1.46. The Morgan fingerprint density at radius 1 is 0.655 bits per heavy atom. The van der Waals surface area contributed by atoms with Gasteiger partial charge >= 0.3 is 63.8 Å². The molecule has 0 saturated carbocycles. The molecule has 0 amide bonds. The van der Waals surface area contributed by atoms with Gasteiger partial charge in [0, 0.05) is 0 Å². The van der Waals surface area contributed by atoms with Crippen molar-refractivity contribution in [3.8, 4) is 0 Å². The molecule has 0 unspecified atom stereocenters. The molecule has 0 radical (unpaired) electrons. The van der Waals surface area contributed by atoms with E-state index < -0.39 is 0 Å². The van der Waals surface area contributed by atoms with Crippen molar-refractivity contribution in [2.75, 3.05) is 0 Å². The summed E-state index contributed by atoms with van der Waals surface area (Å²) in [6, 6.07) is 23.7. The number of benzene rings is 1. The summed E-state index contributed by atoms with van der Waals surface area (Å²) in [6.07, 6.45) is 10.9. The topological polar surface area (TPSA) is 0 Å². The maximum absolute atomic E-state index is 2.26. The number of halogens is 2. The zero-order chi connectivity index (χ0) is 18.0. The van der Waals surface area contributed by atoms with E-state index in [9.17, 15) is 0 Å². The van der Waals surface area contributed by atoms with Gasteiger partial charge in [-0.15, -0.1) is 24.8 Å². The SMILES string of the molecule is Cl.Cl.[CH3-].[Zr]=[CH]c1ccccc1.c1cc2c([cH-]1)CCCC2.c1cc2c([cH-]1)CCCC2. The van der Waals surface area contributed by atoms with Crippen molar-refractivity contribution in [3.05, 3.63) is 102 Å². The van der Waals surface area contributed by atoms with E-state index in [1.165, 1.54) is 81.2 Å². The Kier molecular flexibility index (Phi) is 15.6. The van der Waals surface area contributed by atoms with Crippen molar-refractivity contribution in [1.82, 2.24) is 0 Å². The first-order valence-electron chi connectivity index (χ1n) is 9.89. The number of hydrogen-bond donors (Lipinski definition) is 0. The van der Waals surface area contributed by atoms with Gasteiger partial charge in [0.1, 0.15) is 0 Å². The van der Waals surface area contributed by atoms with Gasteiger partial charge in [-0.25, -0.2) is 12.1 Å². The Morgan fingerprint density at radius 3 is 1.48 bits per heavy atom. The van der Waals surface area contributed by atoms with Gasteiger partial charge in [0.25, 0.3) is 0 Å². The second-order valence-electron chi connectivity index (χ2n) is 7.12. The van der Waals surface area contributed by atoms with Gasteiger partial charge in [-0.1, -0.05) is 51.4 Å². The third-order valence-electron chi connectivity index (χ3n) is 5.27. The second-order valence-corrected chi connectivity index (χ2v) is 7.83. The first-order valence-corrected chi connectivity index (χ1v) is 11.3. The molecule has 2 aliphatic carbocycles. The largest absolute Gasteiger partial charge is 0.210 e. The van der Waals surface area contributed by atoms with Gasteiger partial charge in [0.15, 0.2) is 0 Å². The van der Waals surface area contributed by atoms with E-state index in [-0.39, 0.29) is 32.2 Å². The van der Waals surface area contributed by atoms with Crippen molar-refractivity contribution in [1.29, 1.82) is 0 Å². The van der Waals surface area contributed by atoms with Crippen LogP contribution in [0.5, 0.6) is 0 Å². The van der Waals surface area contributed by atoms with Gasteiger partial charge in [-0.2, -0.15) is 46.5 Å². The van der Waals surface area contributed by atoms with Crippen molar-refractivity contribution < 1.29 is 24.2 Å². The molecule has 0 spiro atoms. The summed E-state index contributed by atoms with van der Waals surface area (Å²) in [5.41, 5.74) is 7.72. The molecule has 0 aromatic heterocycles. The normalized spacial score (nSPS) is 13.1. The van der Waals surface area contributed by atoms with Crippen LogP contribution in [0.1, 0.15) is 53.5 Å². The molecule has 0 heterocycles. The molecule has 3 aromatic carbocycles. The molecular formula is C26H33Cl2Zr-3. The fourth-order valence-corrected chi connectivity index (χ4v) is 4.25. The number of aryl methyl sites for hydroxylation is 4. The average molecular weight is 508 g/mol.